The number of aryl methyl sites for hydroxylation is 1. The highest BCUT2D eigenvalue weighted by molar-refractivity contribution is 9.10. The summed E-state index contributed by atoms with van der Waals surface area (Å²) in [5.74, 6) is 0.106. The van der Waals surface area contributed by atoms with Crippen molar-refractivity contribution in [3.8, 4) is 6.07 Å². The van der Waals surface area contributed by atoms with Gasteiger partial charge in [-0.25, -0.2) is 0 Å². The Labute approximate surface area is 98.0 Å². The first-order valence-electron chi connectivity index (χ1n) is 4.68. The van der Waals surface area contributed by atoms with Crippen LogP contribution >= 0.6 is 15.9 Å². The standard InChI is InChI=1S/C12H12BrNO/c1-8-3-10(5-11(4-8)7-14)6-12(13)9(2)15/h3-5,12H,6H2,1-2H3. The van der Waals surface area contributed by atoms with Crippen molar-refractivity contribution >= 4 is 21.7 Å². The van der Waals surface area contributed by atoms with E-state index in [1.165, 1.54) is 0 Å². The maximum absolute atomic E-state index is 11.1. The normalized spacial score (nSPS) is 11.9. The molecule has 1 rings (SSSR count). The zero-order chi connectivity index (χ0) is 11.4. The minimum Gasteiger partial charge on any atom is -0.299 e. The predicted octanol–water partition coefficient (Wildman–Crippen LogP) is 2.76. The molecule has 0 radical (unpaired) electrons. The van der Waals surface area contributed by atoms with Gasteiger partial charge in [0.1, 0.15) is 5.78 Å². The van der Waals surface area contributed by atoms with E-state index < -0.39 is 0 Å². The van der Waals surface area contributed by atoms with Crippen molar-refractivity contribution in [1.82, 2.24) is 0 Å². The fourth-order valence-corrected chi connectivity index (χ4v) is 1.77. The van der Waals surface area contributed by atoms with Gasteiger partial charge in [0.25, 0.3) is 0 Å². The summed E-state index contributed by atoms with van der Waals surface area (Å²) in [7, 11) is 0. The summed E-state index contributed by atoms with van der Waals surface area (Å²) in [5.41, 5.74) is 2.71. The lowest BCUT2D eigenvalue weighted by atomic mass is 10.0. The van der Waals surface area contributed by atoms with Crippen LogP contribution in [0, 0.1) is 18.3 Å². The first kappa shape index (κ1) is 11.9. The Bertz CT molecular complexity index is 420. The van der Waals surface area contributed by atoms with Crippen molar-refractivity contribution < 1.29 is 4.79 Å². The Balaban J connectivity index is 2.91. The number of hydrogen-bond donors (Lipinski definition) is 0. The molecule has 0 aromatic heterocycles. The molecule has 0 heterocycles. The molecule has 2 nitrogen and oxygen atoms in total. The number of halogens is 1. The fraction of sp³-hybridized carbons (Fsp3) is 0.333. The average Bonchev–Trinajstić information content (AvgIpc) is 2.16. The largest absolute Gasteiger partial charge is 0.299 e. The van der Waals surface area contributed by atoms with Gasteiger partial charge in [0.2, 0.25) is 0 Å². The lowest BCUT2D eigenvalue weighted by Gasteiger charge is -2.07. The third kappa shape index (κ3) is 3.49. The third-order valence-electron chi connectivity index (χ3n) is 2.12. The lowest BCUT2D eigenvalue weighted by Crippen LogP contribution is -2.12. The quantitative estimate of drug-likeness (QED) is 0.789. The molecule has 1 atom stereocenters. The summed E-state index contributed by atoms with van der Waals surface area (Å²) in [4.78, 5) is 10.9. The van der Waals surface area contributed by atoms with E-state index >= 15 is 0 Å². The number of hydrogen-bond acceptors (Lipinski definition) is 2. The Morgan fingerprint density at radius 3 is 2.73 bits per heavy atom. The topological polar surface area (TPSA) is 40.9 Å². The van der Waals surface area contributed by atoms with Crippen LogP contribution in [0.2, 0.25) is 0 Å². The van der Waals surface area contributed by atoms with Crippen molar-refractivity contribution in [2.45, 2.75) is 25.1 Å². The van der Waals surface area contributed by atoms with Crippen molar-refractivity contribution in [2.75, 3.05) is 0 Å². The molecule has 0 saturated heterocycles. The molecule has 0 aliphatic heterocycles. The number of nitrogens with zero attached hydrogens (tertiary/aromatic N) is 1. The smallest absolute Gasteiger partial charge is 0.143 e. The predicted molar refractivity (Wildman–Crippen MR) is 63.0 cm³/mol. The van der Waals surface area contributed by atoms with Gasteiger partial charge < -0.3 is 0 Å². The van der Waals surface area contributed by atoms with E-state index in [0.717, 1.165) is 11.1 Å². The second-order valence-corrected chi connectivity index (χ2v) is 4.71. The zero-order valence-corrected chi connectivity index (χ0v) is 10.3. The van der Waals surface area contributed by atoms with Crippen molar-refractivity contribution in [3.05, 3.63) is 34.9 Å². The van der Waals surface area contributed by atoms with Gasteiger partial charge in [-0.2, -0.15) is 5.26 Å². The molecule has 1 aromatic rings. The van der Waals surface area contributed by atoms with Crippen LogP contribution in [0.15, 0.2) is 18.2 Å². The molecular formula is C12H12BrNO. The van der Waals surface area contributed by atoms with Crippen LogP contribution in [0.3, 0.4) is 0 Å². The molecule has 1 aromatic carbocycles. The molecule has 1 unspecified atom stereocenters. The molecule has 15 heavy (non-hydrogen) atoms. The Morgan fingerprint density at radius 2 is 2.20 bits per heavy atom. The SMILES string of the molecule is CC(=O)C(Br)Cc1cc(C)cc(C#N)c1. The van der Waals surface area contributed by atoms with Crippen molar-refractivity contribution in [1.29, 1.82) is 5.26 Å². The molecule has 0 saturated carbocycles. The molecule has 0 aliphatic carbocycles. The van der Waals surface area contributed by atoms with Gasteiger partial charge in [-0.3, -0.25) is 4.79 Å². The lowest BCUT2D eigenvalue weighted by molar-refractivity contribution is -0.116. The van der Waals surface area contributed by atoms with Gasteiger partial charge in [0.15, 0.2) is 0 Å². The van der Waals surface area contributed by atoms with Crippen LogP contribution in [-0.4, -0.2) is 10.6 Å². The maximum Gasteiger partial charge on any atom is 0.143 e. The zero-order valence-electron chi connectivity index (χ0n) is 8.75. The Morgan fingerprint density at radius 1 is 1.53 bits per heavy atom. The number of carbonyl (C=O) groups excluding carboxylic acids is 1. The van der Waals surface area contributed by atoms with Crippen LogP contribution < -0.4 is 0 Å². The van der Waals surface area contributed by atoms with E-state index in [4.69, 9.17) is 5.26 Å². The molecule has 0 aliphatic rings. The molecular weight excluding hydrogens is 254 g/mol. The van der Waals surface area contributed by atoms with Crippen LogP contribution in [0.5, 0.6) is 0 Å². The van der Waals surface area contributed by atoms with Gasteiger partial charge in [-0.05, 0) is 43.5 Å². The number of benzene rings is 1. The summed E-state index contributed by atoms with van der Waals surface area (Å²) in [6.07, 6.45) is 0.631. The van der Waals surface area contributed by atoms with E-state index in [2.05, 4.69) is 22.0 Å². The van der Waals surface area contributed by atoms with E-state index in [9.17, 15) is 4.79 Å². The number of Topliss-reactive ketones (excluding diaryl/α,β-unsaturated/α-hetero) is 1. The average molecular weight is 266 g/mol. The summed E-state index contributed by atoms with van der Waals surface area (Å²) in [6.45, 7) is 3.50. The van der Waals surface area contributed by atoms with E-state index in [-0.39, 0.29) is 10.6 Å². The summed E-state index contributed by atoms with van der Waals surface area (Å²) in [5, 5.41) is 8.80. The van der Waals surface area contributed by atoms with Crippen LogP contribution in [0.25, 0.3) is 0 Å². The second-order valence-electron chi connectivity index (χ2n) is 3.60. The third-order valence-corrected chi connectivity index (χ3v) is 3.09. The number of rotatable bonds is 3. The van der Waals surface area contributed by atoms with Crippen molar-refractivity contribution in [3.63, 3.8) is 0 Å². The number of ketones is 1. The molecule has 3 heteroatoms. The van der Waals surface area contributed by atoms with Crippen molar-refractivity contribution in [2.24, 2.45) is 0 Å². The molecule has 0 spiro atoms. The summed E-state index contributed by atoms with van der Waals surface area (Å²) in [6, 6.07) is 7.77. The minimum atomic E-state index is -0.161. The van der Waals surface area contributed by atoms with E-state index in [1.807, 2.05) is 25.1 Å². The monoisotopic (exact) mass is 265 g/mol. The molecule has 0 fully saturated rings. The fourth-order valence-electron chi connectivity index (χ4n) is 1.40. The Kier molecular flexibility index (Phi) is 4.05. The number of carbonyl (C=O) groups is 1. The van der Waals surface area contributed by atoms with Gasteiger partial charge in [-0.15, -0.1) is 0 Å². The van der Waals surface area contributed by atoms with Crippen LogP contribution in [0.4, 0.5) is 0 Å². The summed E-state index contributed by atoms with van der Waals surface area (Å²) < 4.78 is 0. The van der Waals surface area contributed by atoms with Gasteiger partial charge in [0.05, 0.1) is 16.5 Å². The molecule has 78 valence electrons. The Hall–Kier alpha value is -1.14. The van der Waals surface area contributed by atoms with Gasteiger partial charge in [0, 0.05) is 0 Å². The van der Waals surface area contributed by atoms with Gasteiger partial charge >= 0.3 is 0 Å². The highest BCUT2D eigenvalue weighted by Crippen LogP contribution is 2.14. The van der Waals surface area contributed by atoms with Crippen LogP contribution in [0.1, 0.15) is 23.6 Å². The first-order valence-corrected chi connectivity index (χ1v) is 5.59. The van der Waals surface area contributed by atoms with Crippen LogP contribution in [-0.2, 0) is 11.2 Å². The molecule has 0 amide bonds. The first-order chi connectivity index (χ1) is 7.02. The highest BCUT2D eigenvalue weighted by Gasteiger charge is 2.11. The molecule has 0 bridgehead atoms. The highest BCUT2D eigenvalue weighted by atomic mass is 79.9. The summed E-state index contributed by atoms with van der Waals surface area (Å²) >= 11 is 3.32. The number of alkyl halides is 1. The maximum atomic E-state index is 11.1. The van der Waals surface area contributed by atoms with E-state index in [0.29, 0.717) is 12.0 Å². The minimum absolute atomic E-state index is 0.106. The molecule has 0 N–H and O–H groups in total. The van der Waals surface area contributed by atoms with E-state index in [1.54, 1.807) is 6.92 Å². The number of nitriles is 1. The van der Waals surface area contributed by atoms with Gasteiger partial charge in [-0.1, -0.05) is 22.0 Å². The second kappa shape index (κ2) is 5.09.